The Balaban J connectivity index is 1.53. The van der Waals surface area contributed by atoms with Crippen LogP contribution in [0.5, 0.6) is 0 Å². The van der Waals surface area contributed by atoms with Gasteiger partial charge in [0, 0.05) is 38.4 Å². The number of nitrogens with zero attached hydrogens (tertiary/aromatic N) is 8. The molecule has 1 atom stereocenters. The summed E-state index contributed by atoms with van der Waals surface area (Å²) in [5.41, 5.74) is 0.450. The summed E-state index contributed by atoms with van der Waals surface area (Å²) in [5, 5.41) is 17.9. The summed E-state index contributed by atoms with van der Waals surface area (Å²) < 4.78 is 4.07. The van der Waals surface area contributed by atoms with Gasteiger partial charge in [0.25, 0.3) is 0 Å². The van der Waals surface area contributed by atoms with Crippen molar-refractivity contribution in [2.75, 3.05) is 18.0 Å². The Kier molecular flexibility index (Phi) is 4.35. The van der Waals surface area contributed by atoms with E-state index < -0.39 is 0 Å². The summed E-state index contributed by atoms with van der Waals surface area (Å²) in [6, 6.07) is 7.69. The van der Waals surface area contributed by atoms with Crippen LogP contribution >= 0.6 is 0 Å². The van der Waals surface area contributed by atoms with E-state index >= 15 is 0 Å². The Hall–Kier alpha value is -3.21. The van der Waals surface area contributed by atoms with Crippen molar-refractivity contribution in [1.82, 2.24) is 29.3 Å². The molecular weight excluding hydrogens is 328 g/mol. The van der Waals surface area contributed by atoms with Crippen LogP contribution in [0.15, 0.2) is 36.9 Å². The van der Waals surface area contributed by atoms with E-state index in [1.54, 1.807) is 18.6 Å². The molecule has 0 amide bonds. The average molecular weight is 348 g/mol. The fraction of sp³-hybridized carbons (Fsp3) is 0.389. The van der Waals surface area contributed by atoms with Crippen molar-refractivity contribution in [3.8, 4) is 6.07 Å². The maximum Gasteiger partial charge on any atom is 0.152 e. The first-order chi connectivity index (χ1) is 12.7. The zero-order valence-corrected chi connectivity index (χ0v) is 14.7. The third-order valence-corrected chi connectivity index (χ3v) is 4.84. The number of imidazole rings is 1. The molecule has 1 fully saturated rings. The molecule has 3 aromatic heterocycles. The molecule has 4 heterocycles. The molecular formula is C18H20N8. The van der Waals surface area contributed by atoms with Crippen molar-refractivity contribution >= 4 is 5.82 Å². The normalized spacial score (nSPS) is 17.2. The highest BCUT2D eigenvalue weighted by Crippen LogP contribution is 2.28. The van der Waals surface area contributed by atoms with Gasteiger partial charge in [-0.15, -0.1) is 10.2 Å². The number of rotatable bonds is 4. The topological polar surface area (TPSA) is 88.5 Å². The largest absolute Gasteiger partial charge is 0.356 e. The molecule has 0 saturated carbocycles. The minimum Gasteiger partial charge on any atom is -0.356 e. The fourth-order valence-electron chi connectivity index (χ4n) is 3.47. The number of pyridine rings is 1. The SMILES string of the molecule is Cn1c(Cn2ccnc2)nnc1C1CCCN(c2cccc(C#N)n2)C1. The van der Waals surface area contributed by atoms with Crippen LogP contribution in [0.4, 0.5) is 5.82 Å². The summed E-state index contributed by atoms with van der Waals surface area (Å²) >= 11 is 0. The van der Waals surface area contributed by atoms with Crippen LogP contribution in [0, 0.1) is 11.3 Å². The summed E-state index contributed by atoms with van der Waals surface area (Å²) in [6.45, 7) is 2.43. The lowest BCUT2D eigenvalue weighted by Crippen LogP contribution is -2.36. The number of hydrogen-bond acceptors (Lipinski definition) is 6. The molecule has 8 heteroatoms. The van der Waals surface area contributed by atoms with E-state index in [2.05, 4.69) is 35.7 Å². The van der Waals surface area contributed by atoms with Gasteiger partial charge in [0.1, 0.15) is 23.4 Å². The molecule has 0 N–H and O–H groups in total. The molecule has 0 radical (unpaired) electrons. The van der Waals surface area contributed by atoms with E-state index in [1.165, 1.54) is 0 Å². The van der Waals surface area contributed by atoms with Crippen molar-refractivity contribution in [2.45, 2.75) is 25.3 Å². The first kappa shape index (κ1) is 16.3. The van der Waals surface area contributed by atoms with Crippen LogP contribution in [0.25, 0.3) is 0 Å². The number of nitriles is 1. The Morgan fingerprint density at radius 2 is 2.23 bits per heavy atom. The Labute approximate surface area is 151 Å². The van der Waals surface area contributed by atoms with E-state index in [0.29, 0.717) is 18.2 Å². The van der Waals surface area contributed by atoms with Gasteiger partial charge < -0.3 is 14.0 Å². The monoisotopic (exact) mass is 348 g/mol. The highest BCUT2D eigenvalue weighted by Gasteiger charge is 2.26. The zero-order valence-electron chi connectivity index (χ0n) is 14.7. The second-order valence-corrected chi connectivity index (χ2v) is 6.55. The molecule has 1 aliphatic heterocycles. The van der Waals surface area contributed by atoms with Crippen LogP contribution in [0.1, 0.15) is 36.1 Å². The third kappa shape index (κ3) is 3.16. The molecule has 132 valence electrons. The number of piperidine rings is 1. The van der Waals surface area contributed by atoms with Gasteiger partial charge in [-0.2, -0.15) is 5.26 Å². The lowest BCUT2D eigenvalue weighted by atomic mass is 9.97. The molecule has 1 saturated heterocycles. The predicted molar refractivity (Wildman–Crippen MR) is 95.5 cm³/mol. The molecule has 1 unspecified atom stereocenters. The van der Waals surface area contributed by atoms with Gasteiger partial charge >= 0.3 is 0 Å². The van der Waals surface area contributed by atoms with E-state index in [4.69, 9.17) is 5.26 Å². The van der Waals surface area contributed by atoms with Crippen molar-refractivity contribution in [3.05, 3.63) is 54.3 Å². The average Bonchev–Trinajstić information content (AvgIpc) is 3.33. The summed E-state index contributed by atoms with van der Waals surface area (Å²) in [4.78, 5) is 10.7. The van der Waals surface area contributed by atoms with Gasteiger partial charge in [-0.1, -0.05) is 6.07 Å². The van der Waals surface area contributed by atoms with E-state index in [0.717, 1.165) is 43.4 Å². The standard InChI is InChI=1S/C18H20N8/c1-24-17(12-25-9-7-20-13-25)22-23-18(24)14-4-3-8-26(11-14)16-6-2-5-15(10-19)21-16/h2,5-7,9,13-14H,3-4,8,11-12H2,1H3. The second kappa shape index (κ2) is 6.96. The highest BCUT2D eigenvalue weighted by molar-refractivity contribution is 5.42. The highest BCUT2D eigenvalue weighted by atomic mass is 15.3. The Morgan fingerprint density at radius 3 is 3.04 bits per heavy atom. The molecule has 0 bridgehead atoms. The maximum absolute atomic E-state index is 9.08. The van der Waals surface area contributed by atoms with Gasteiger partial charge in [0.05, 0.1) is 12.9 Å². The second-order valence-electron chi connectivity index (χ2n) is 6.55. The van der Waals surface area contributed by atoms with Gasteiger partial charge in [-0.05, 0) is 25.0 Å². The summed E-state index contributed by atoms with van der Waals surface area (Å²) in [7, 11) is 2.02. The summed E-state index contributed by atoms with van der Waals surface area (Å²) in [5.74, 6) is 3.07. The molecule has 1 aliphatic rings. The molecule has 26 heavy (non-hydrogen) atoms. The Bertz CT molecular complexity index is 921. The van der Waals surface area contributed by atoms with Crippen LogP contribution in [0.3, 0.4) is 0 Å². The van der Waals surface area contributed by atoms with Crippen LogP contribution in [0.2, 0.25) is 0 Å². The van der Waals surface area contributed by atoms with E-state index in [-0.39, 0.29) is 0 Å². The van der Waals surface area contributed by atoms with Crippen molar-refractivity contribution < 1.29 is 0 Å². The van der Waals surface area contributed by atoms with Crippen LogP contribution in [-0.2, 0) is 13.6 Å². The van der Waals surface area contributed by atoms with Crippen molar-refractivity contribution in [2.24, 2.45) is 7.05 Å². The van der Waals surface area contributed by atoms with Gasteiger partial charge in [-0.3, -0.25) is 0 Å². The Morgan fingerprint density at radius 1 is 1.31 bits per heavy atom. The molecule has 8 nitrogen and oxygen atoms in total. The number of aromatic nitrogens is 6. The molecule has 0 aliphatic carbocycles. The third-order valence-electron chi connectivity index (χ3n) is 4.84. The smallest absolute Gasteiger partial charge is 0.152 e. The number of hydrogen-bond donors (Lipinski definition) is 0. The quantitative estimate of drug-likeness (QED) is 0.713. The first-order valence-corrected chi connectivity index (χ1v) is 8.70. The molecule has 4 rings (SSSR count). The van der Waals surface area contributed by atoms with Gasteiger partial charge in [0.2, 0.25) is 0 Å². The van der Waals surface area contributed by atoms with E-state index in [9.17, 15) is 0 Å². The van der Waals surface area contributed by atoms with Crippen LogP contribution in [-0.4, -0.2) is 42.4 Å². The summed E-state index contributed by atoms with van der Waals surface area (Å²) in [6.07, 6.45) is 7.60. The zero-order chi connectivity index (χ0) is 17.9. The predicted octanol–water partition coefficient (Wildman–Crippen LogP) is 1.71. The fourth-order valence-corrected chi connectivity index (χ4v) is 3.47. The van der Waals surface area contributed by atoms with Crippen molar-refractivity contribution in [1.29, 1.82) is 5.26 Å². The van der Waals surface area contributed by atoms with Crippen LogP contribution < -0.4 is 4.90 Å². The number of anilines is 1. The maximum atomic E-state index is 9.08. The lowest BCUT2D eigenvalue weighted by Gasteiger charge is -2.33. The van der Waals surface area contributed by atoms with Crippen molar-refractivity contribution in [3.63, 3.8) is 0 Å². The first-order valence-electron chi connectivity index (χ1n) is 8.70. The molecule has 0 spiro atoms. The molecule has 0 aromatic carbocycles. The van der Waals surface area contributed by atoms with Gasteiger partial charge in [0.15, 0.2) is 5.82 Å². The minimum atomic E-state index is 0.297. The van der Waals surface area contributed by atoms with E-state index in [1.807, 2.05) is 29.9 Å². The van der Waals surface area contributed by atoms with Gasteiger partial charge in [-0.25, -0.2) is 9.97 Å². The molecule has 3 aromatic rings. The lowest BCUT2D eigenvalue weighted by molar-refractivity contribution is 0.475. The minimum absolute atomic E-state index is 0.297.